The van der Waals surface area contributed by atoms with Crippen LogP contribution >= 0.6 is 15.9 Å². The van der Waals surface area contributed by atoms with Gasteiger partial charge in [0.1, 0.15) is 12.4 Å². The first kappa shape index (κ1) is 16.8. The predicted molar refractivity (Wildman–Crippen MR) is 88.2 cm³/mol. The van der Waals surface area contributed by atoms with Crippen LogP contribution in [-0.2, 0) is 6.42 Å². The normalized spacial score (nSPS) is 17.1. The van der Waals surface area contributed by atoms with Crippen molar-refractivity contribution in [1.29, 1.82) is 0 Å². The van der Waals surface area contributed by atoms with E-state index in [-0.39, 0.29) is 17.9 Å². The predicted octanol–water partition coefficient (Wildman–Crippen LogP) is 2.63. The lowest BCUT2D eigenvalue weighted by molar-refractivity contribution is 0.0769. The van der Waals surface area contributed by atoms with Gasteiger partial charge in [0.2, 0.25) is 5.82 Å². The van der Waals surface area contributed by atoms with Crippen molar-refractivity contribution in [3.8, 4) is 5.88 Å². The fraction of sp³-hybridized carbons (Fsp3) is 0.375. The number of rotatable bonds is 4. The first-order valence-corrected chi connectivity index (χ1v) is 8.43. The highest BCUT2D eigenvalue weighted by Crippen LogP contribution is 2.22. The van der Waals surface area contributed by atoms with Crippen LogP contribution < -0.4 is 4.74 Å². The summed E-state index contributed by atoms with van der Waals surface area (Å²) in [5, 5.41) is 0. The molecule has 1 saturated heterocycles. The Hall–Kier alpha value is -2.09. The van der Waals surface area contributed by atoms with Crippen molar-refractivity contribution in [3.63, 3.8) is 0 Å². The van der Waals surface area contributed by atoms with E-state index in [4.69, 9.17) is 4.74 Å². The molecule has 3 rings (SSSR count). The smallest absolute Gasteiger partial charge is 0.255 e. The largest absolute Gasteiger partial charge is 0.470 e. The fourth-order valence-corrected chi connectivity index (χ4v) is 2.96. The van der Waals surface area contributed by atoms with Crippen molar-refractivity contribution in [3.05, 3.63) is 46.3 Å². The zero-order valence-electron chi connectivity index (χ0n) is 13.1. The van der Waals surface area contributed by atoms with Crippen molar-refractivity contribution in [2.75, 3.05) is 13.1 Å². The molecule has 0 saturated carbocycles. The summed E-state index contributed by atoms with van der Waals surface area (Å²) in [7, 11) is 0. The van der Waals surface area contributed by atoms with E-state index in [1.54, 1.807) is 17.2 Å². The molecule has 1 aliphatic heterocycles. The highest BCUT2D eigenvalue weighted by molar-refractivity contribution is 9.10. The Kier molecular flexibility index (Phi) is 5.03. The number of halogens is 2. The monoisotopic (exact) mass is 394 g/mol. The van der Waals surface area contributed by atoms with Crippen LogP contribution in [0.1, 0.15) is 29.4 Å². The molecule has 0 unspecified atom stereocenters. The number of pyridine rings is 1. The van der Waals surface area contributed by atoms with E-state index in [2.05, 4.69) is 30.9 Å². The number of aryl methyl sites for hydroxylation is 1. The maximum Gasteiger partial charge on any atom is 0.255 e. The van der Waals surface area contributed by atoms with Crippen LogP contribution in [0.2, 0.25) is 0 Å². The molecule has 0 radical (unpaired) electrons. The zero-order chi connectivity index (χ0) is 17.1. The van der Waals surface area contributed by atoms with Crippen LogP contribution in [0.3, 0.4) is 0 Å². The minimum atomic E-state index is -0.527. The SMILES string of the molecule is CCc1ncnc(O[C@H]2CCN(C(=O)c3cncc(Br)c3)C2)c1F. The van der Waals surface area contributed by atoms with Crippen LogP contribution in [0.4, 0.5) is 4.39 Å². The van der Waals surface area contributed by atoms with E-state index in [1.807, 2.05) is 6.92 Å². The summed E-state index contributed by atoms with van der Waals surface area (Å²) in [4.78, 5) is 25.9. The van der Waals surface area contributed by atoms with Crippen molar-refractivity contribution >= 4 is 21.8 Å². The summed E-state index contributed by atoms with van der Waals surface area (Å²) < 4.78 is 20.5. The molecule has 1 aliphatic rings. The van der Waals surface area contributed by atoms with Crippen molar-refractivity contribution in [2.45, 2.75) is 25.9 Å². The van der Waals surface area contributed by atoms with E-state index < -0.39 is 5.82 Å². The van der Waals surface area contributed by atoms with Gasteiger partial charge in [-0.3, -0.25) is 9.78 Å². The lowest BCUT2D eigenvalue weighted by Crippen LogP contribution is -2.31. The molecule has 6 nitrogen and oxygen atoms in total. The van der Waals surface area contributed by atoms with E-state index in [0.717, 1.165) is 4.47 Å². The Bertz CT molecular complexity index is 759. The number of carbonyl (C=O) groups is 1. The van der Waals surface area contributed by atoms with E-state index in [0.29, 0.717) is 37.2 Å². The van der Waals surface area contributed by atoms with Gasteiger partial charge < -0.3 is 9.64 Å². The van der Waals surface area contributed by atoms with E-state index in [1.165, 1.54) is 12.5 Å². The van der Waals surface area contributed by atoms with Gasteiger partial charge in [0.05, 0.1) is 17.8 Å². The van der Waals surface area contributed by atoms with E-state index in [9.17, 15) is 9.18 Å². The van der Waals surface area contributed by atoms with Crippen molar-refractivity contribution in [1.82, 2.24) is 19.9 Å². The molecule has 2 aromatic rings. The van der Waals surface area contributed by atoms with Crippen molar-refractivity contribution < 1.29 is 13.9 Å². The molecule has 1 fully saturated rings. The zero-order valence-corrected chi connectivity index (χ0v) is 14.7. The number of nitrogens with zero attached hydrogens (tertiary/aromatic N) is 4. The quantitative estimate of drug-likeness (QED) is 0.796. The Morgan fingerprint density at radius 2 is 2.29 bits per heavy atom. The van der Waals surface area contributed by atoms with Crippen LogP contribution in [0.5, 0.6) is 5.88 Å². The number of hydrogen-bond donors (Lipinski definition) is 0. The standard InChI is InChI=1S/C16H16BrFN4O2/c1-2-13-14(18)15(21-9-20-13)24-12-3-4-22(8-12)16(23)10-5-11(17)7-19-6-10/h5-7,9,12H,2-4,8H2,1H3/t12-/m0/s1. The summed E-state index contributed by atoms with van der Waals surface area (Å²) in [5.74, 6) is -0.696. The van der Waals surface area contributed by atoms with Crippen LogP contribution in [0.25, 0.3) is 0 Å². The molecule has 0 aliphatic carbocycles. The first-order chi connectivity index (χ1) is 11.6. The molecule has 0 N–H and O–H groups in total. The molecular formula is C16H16BrFN4O2. The van der Waals surface area contributed by atoms with Gasteiger partial charge in [-0.1, -0.05) is 6.92 Å². The Labute approximate surface area is 147 Å². The summed E-state index contributed by atoms with van der Waals surface area (Å²) in [6.07, 6.45) is 5.24. The van der Waals surface area contributed by atoms with Crippen LogP contribution in [0, 0.1) is 5.82 Å². The van der Waals surface area contributed by atoms with Gasteiger partial charge in [0, 0.05) is 29.8 Å². The van der Waals surface area contributed by atoms with Gasteiger partial charge in [0.15, 0.2) is 0 Å². The second kappa shape index (κ2) is 7.21. The molecular weight excluding hydrogens is 379 g/mol. The number of likely N-dealkylation sites (tertiary alicyclic amines) is 1. The second-order valence-electron chi connectivity index (χ2n) is 5.46. The van der Waals surface area contributed by atoms with Gasteiger partial charge in [-0.15, -0.1) is 0 Å². The lowest BCUT2D eigenvalue weighted by atomic mass is 10.2. The van der Waals surface area contributed by atoms with E-state index >= 15 is 0 Å². The molecule has 0 bridgehead atoms. The number of aromatic nitrogens is 3. The minimum absolute atomic E-state index is 0.0507. The number of carbonyl (C=O) groups excluding carboxylic acids is 1. The summed E-state index contributed by atoms with van der Waals surface area (Å²) >= 11 is 3.30. The van der Waals surface area contributed by atoms with Gasteiger partial charge in [-0.05, 0) is 28.4 Å². The molecule has 1 atom stereocenters. The maximum absolute atomic E-state index is 14.1. The Balaban J connectivity index is 1.67. The average Bonchev–Trinajstić information content (AvgIpc) is 3.04. The number of hydrogen-bond acceptors (Lipinski definition) is 5. The molecule has 2 aromatic heterocycles. The van der Waals surface area contributed by atoms with Gasteiger partial charge in [-0.25, -0.2) is 4.98 Å². The Morgan fingerprint density at radius 1 is 1.46 bits per heavy atom. The molecule has 24 heavy (non-hydrogen) atoms. The third kappa shape index (κ3) is 3.53. The second-order valence-corrected chi connectivity index (χ2v) is 6.38. The van der Waals surface area contributed by atoms with Crippen molar-refractivity contribution in [2.24, 2.45) is 0 Å². The molecule has 0 spiro atoms. The fourth-order valence-electron chi connectivity index (χ4n) is 2.59. The number of amides is 1. The summed E-state index contributed by atoms with van der Waals surface area (Å²) in [6.45, 7) is 2.75. The average molecular weight is 395 g/mol. The molecule has 3 heterocycles. The molecule has 1 amide bonds. The first-order valence-electron chi connectivity index (χ1n) is 7.64. The number of ether oxygens (including phenoxy) is 1. The molecule has 0 aromatic carbocycles. The third-order valence-electron chi connectivity index (χ3n) is 3.83. The Morgan fingerprint density at radius 3 is 3.04 bits per heavy atom. The highest BCUT2D eigenvalue weighted by atomic mass is 79.9. The maximum atomic E-state index is 14.1. The molecule has 8 heteroatoms. The van der Waals surface area contributed by atoms with Gasteiger partial charge in [-0.2, -0.15) is 9.37 Å². The minimum Gasteiger partial charge on any atom is -0.470 e. The topological polar surface area (TPSA) is 68.2 Å². The van der Waals surface area contributed by atoms with Gasteiger partial charge >= 0.3 is 0 Å². The summed E-state index contributed by atoms with van der Waals surface area (Å²) in [6, 6.07) is 1.72. The molecule has 126 valence electrons. The summed E-state index contributed by atoms with van der Waals surface area (Å²) in [5.41, 5.74) is 0.831. The highest BCUT2D eigenvalue weighted by Gasteiger charge is 2.29. The van der Waals surface area contributed by atoms with Crippen LogP contribution in [0.15, 0.2) is 29.3 Å². The van der Waals surface area contributed by atoms with Gasteiger partial charge in [0.25, 0.3) is 11.8 Å². The lowest BCUT2D eigenvalue weighted by Gasteiger charge is -2.17. The third-order valence-corrected chi connectivity index (χ3v) is 4.26. The van der Waals surface area contributed by atoms with Crippen LogP contribution in [-0.4, -0.2) is 45.0 Å².